The lowest BCUT2D eigenvalue weighted by Gasteiger charge is -2.34. The van der Waals surface area contributed by atoms with Gasteiger partial charge in [0.2, 0.25) is 0 Å². The highest BCUT2D eigenvalue weighted by atomic mass is 16.1. The van der Waals surface area contributed by atoms with E-state index in [1.54, 1.807) is 0 Å². The molecule has 0 heterocycles. The second kappa shape index (κ2) is 1.84. The average molecular weight is 123 g/mol. The largest absolute Gasteiger partial charge is 0.300 e. The van der Waals surface area contributed by atoms with Gasteiger partial charge in [-0.3, -0.25) is 4.79 Å². The molecule has 1 aliphatic rings. The number of nitrogens with zero attached hydrogens (tertiary/aromatic N) is 1. The smallest absolute Gasteiger partial charge is 0.134 e. The Morgan fingerprint density at radius 1 is 1.78 bits per heavy atom. The van der Waals surface area contributed by atoms with Gasteiger partial charge in [0.1, 0.15) is 5.78 Å². The molecule has 0 bridgehead atoms. The van der Waals surface area contributed by atoms with E-state index in [4.69, 9.17) is 5.26 Å². The maximum absolute atomic E-state index is 10.5. The molecule has 48 valence electrons. The molecule has 0 spiro atoms. The Labute approximate surface area is 54.5 Å². The molecule has 1 rings (SSSR count). The van der Waals surface area contributed by atoms with Gasteiger partial charge >= 0.3 is 0 Å². The highest BCUT2D eigenvalue weighted by molar-refractivity contribution is 5.85. The van der Waals surface area contributed by atoms with Crippen LogP contribution in [0.4, 0.5) is 0 Å². The summed E-state index contributed by atoms with van der Waals surface area (Å²) in [6, 6.07) is 2.08. The van der Waals surface area contributed by atoms with E-state index in [9.17, 15) is 4.79 Å². The fourth-order valence-electron chi connectivity index (χ4n) is 1.22. The monoisotopic (exact) mass is 123 g/mol. The van der Waals surface area contributed by atoms with Crippen LogP contribution >= 0.6 is 0 Å². The molecule has 1 fully saturated rings. The minimum atomic E-state index is 0.0336. The molecule has 2 heteroatoms. The van der Waals surface area contributed by atoms with Crippen molar-refractivity contribution >= 4 is 5.78 Å². The maximum atomic E-state index is 10.5. The van der Waals surface area contributed by atoms with E-state index < -0.39 is 0 Å². The quantitative estimate of drug-likeness (QED) is 0.526. The molecule has 2 nitrogen and oxygen atoms in total. The van der Waals surface area contributed by atoms with Crippen LogP contribution < -0.4 is 0 Å². The highest BCUT2D eigenvalue weighted by Gasteiger charge is 2.38. The van der Waals surface area contributed by atoms with Crippen LogP contribution in [0.25, 0.3) is 0 Å². The predicted molar refractivity (Wildman–Crippen MR) is 32.6 cm³/mol. The molecule has 9 heavy (non-hydrogen) atoms. The molecule has 0 saturated heterocycles. The van der Waals surface area contributed by atoms with E-state index in [0.717, 1.165) is 0 Å². The van der Waals surface area contributed by atoms with Crippen molar-refractivity contribution in [3.63, 3.8) is 0 Å². The summed E-state index contributed by atoms with van der Waals surface area (Å²) < 4.78 is 0. The average Bonchev–Trinajstić information content (AvgIpc) is 1.62. The topological polar surface area (TPSA) is 40.9 Å². The standard InChI is InChI=1S/C7H9NO/c1-7(2-3-8)4-6(9)5-7/h2,4-5H2,1H3. The van der Waals surface area contributed by atoms with Crippen LogP contribution in [-0.2, 0) is 4.79 Å². The van der Waals surface area contributed by atoms with E-state index in [2.05, 4.69) is 6.07 Å². The second-order valence-corrected chi connectivity index (χ2v) is 3.04. The lowest BCUT2D eigenvalue weighted by atomic mass is 9.68. The van der Waals surface area contributed by atoms with E-state index in [-0.39, 0.29) is 5.41 Å². The predicted octanol–water partition coefficient (Wildman–Crippen LogP) is 1.27. The Hall–Kier alpha value is -0.840. The Balaban J connectivity index is 2.42. The summed E-state index contributed by atoms with van der Waals surface area (Å²) in [7, 11) is 0. The van der Waals surface area contributed by atoms with E-state index in [1.807, 2.05) is 6.92 Å². The zero-order valence-corrected chi connectivity index (χ0v) is 5.48. The van der Waals surface area contributed by atoms with Crippen LogP contribution in [0.1, 0.15) is 26.2 Å². The van der Waals surface area contributed by atoms with Crippen molar-refractivity contribution in [1.82, 2.24) is 0 Å². The summed E-state index contributed by atoms with van der Waals surface area (Å²) in [5.41, 5.74) is 0.0336. The Morgan fingerprint density at radius 3 is 2.67 bits per heavy atom. The fraction of sp³-hybridized carbons (Fsp3) is 0.714. The van der Waals surface area contributed by atoms with Crippen molar-refractivity contribution in [1.29, 1.82) is 5.26 Å². The van der Waals surface area contributed by atoms with Crippen molar-refractivity contribution in [2.45, 2.75) is 26.2 Å². The van der Waals surface area contributed by atoms with E-state index in [0.29, 0.717) is 25.0 Å². The number of carbonyl (C=O) groups excluding carboxylic acids is 1. The van der Waals surface area contributed by atoms with Crippen molar-refractivity contribution in [2.75, 3.05) is 0 Å². The minimum absolute atomic E-state index is 0.0336. The van der Waals surface area contributed by atoms with Crippen molar-refractivity contribution < 1.29 is 4.79 Å². The van der Waals surface area contributed by atoms with E-state index in [1.165, 1.54) is 0 Å². The Bertz CT molecular complexity index is 170. The molecule has 0 unspecified atom stereocenters. The molecule has 0 aromatic carbocycles. The third-order valence-corrected chi connectivity index (χ3v) is 1.75. The minimum Gasteiger partial charge on any atom is -0.300 e. The number of ketones is 1. The van der Waals surface area contributed by atoms with Gasteiger partial charge in [-0.1, -0.05) is 6.92 Å². The summed E-state index contributed by atoms with van der Waals surface area (Å²) in [5, 5.41) is 8.29. The molecule has 1 aliphatic carbocycles. The van der Waals surface area contributed by atoms with Crippen LogP contribution in [0.5, 0.6) is 0 Å². The van der Waals surface area contributed by atoms with Crippen molar-refractivity contribution in [3.8, 4) is 6.07 Å². The Morgan fingerprint density at radius 2 is 2.33 bits per heavy atom. The zero-order valence-electron chi connectivity index (χ0n) is 5.48. The summed E-state index contributed by atoms with van der Waals surface area (Å²) >= 11 is 0. The van der Waals surface area contributed by atoms with Gasteiger partial charge < -0.3 is 0 Å². The lowest BCUT2D eigenvalue weighted by Crippen LogP contribution is -2.34. The third kappa shape index (κ3) is 1.10. The molecule has 0 amide bonds. The normalized spacial score (nSPS) is 22.4. The first-order valence-electron chi connectivity index (χ1n) is 3.05. The van der Waals surface area contributed by atoms with Crippen LogP contribution in [-0.4, -0.2) is 5.78 Å². The lowest BCUT2D eigenvalue weighted by molar-refractivity contribution is -0.131. The molecule has 0 aliphatic heterocycles. The Kier molecular flexibility index (Phi) is 1.28. The number of rotatable bonds is 1. The zero-order chi connectivity index (χ0) is 6.91. The molecule has 0 atom stereocenters. The first kappa shape index (κ1) is 6.28. The maximum Gasteiger partial charge on any atom is 0.134 e. The number of Topliss-reactive ketones (excluding diaryl/α,β-unsaturated/α-hetero) is 1. The first-order valence-corrected chi connectivity index (χ1v) is 3.05. The van der Waals surface area contributed by atoms with Crippen LogP contribution in [0.2, 0.25) is 0 Å². The van der Waals surface area contributed by atoms with Crippen LogP contribution in [0.3, 0.4) is 0 Å². The fourth-order valence-corrected chi connectivity index (χ4v) is 1.22. The molecular weight excluding hydrogens is 114 g/mol. The number of nitriles is 1. The van der Waals surface area contributed by atoms with Crippen LogP contribution in [0, 0.1) is 16.7 Å². The number of hydrogen-bond acceptors (Lipinski definition) is 2. The summed E-state index contributed by atoms with van der Waals surface area (Å²) in [6.07, 6.45) is 1.75. The first-order chi connectivity index (χ1) is 4.16. The van der Waals surface area contributed by atoms with Crippen molar-refractivity contribution in [3.05, 3.63) is 0 Å². The molecule has 0 radical (unpaired) electrons. The highest BCUT2D eigenvalue weighted by Crippen LogP contribution is 2.39. The summed E-state index contributed by atoms with van der Waals surface area (Å²) in [5.74, 6) is 0.299. The summed E-state index contributed by atoms with van der Waals surface area (Å²) in [6.45, 7) is 1.98. The van der Waals surface area contributed by atoms with Gasteiger partial charge in [-0.25, -0.2) is 0 Å². The van der Waals surface area contributed by atoms with E-state index >= 15 is 0 Å². The van der Waals surface area contributed by atoms with Crippen molar-refractivity contribution in [2.24, 2.45) is 5.41 Å². The molecule has 0 N–H and O–H groups in total. The van der Waals surface area contributed by atoms with Gasteiger partial charge in [-0.05, 0) is 5.41 Å². The summed E-state index contributed by atoms with van der Waals surface area (Å²) in [4.78, 5) is 10.5. The van der Waals surface area contributed by atoms with Gasteiger partial charge in [0.25, 0.3) is 0 Å². The molecule has 0 aromatic heterocycles. The van der Waals surface area contributed by atoms with Crippen LogP contribution in [0.15, 0.2) is 0 Å². The second-order valence-electron chi connectivity index (χ2n) is 3.04. The molecule has 1 saturated carbocycles. The number of carbonyl (C=O) groups is 1. The molecular formula is C7H9NO. The number of hydrogen-bond donors (Lipinski definition) is 0. The third-order valence-electron chi connectivity index (χ3n) is 1.75. The van der Waals surface area contributed by atoms with Gasteiger partial charge in [-0.2, -0.15) is 5.26 Å². The van der Waals surface area contributed by atoms with Gasteiger partial charge in [0, 0.05) is 19.3 Å². The SMILES string of the molecule is CC1(CC#N)CC(=O)C1. The van der Waals surface area contributed by atoms with Gasteiger partial charge in [-0.15, -0.1) is 0 Å². The molecule has 0 aromatic rings. The van der Waals surface area contributed by atoms with Gasteiger partial charge in [0.05, 0.1) is 6.07 Å². The van der Waals surface area contributed by atoms with Gasteiger partial charge in [0.15, 0.2) is 0 Å².